The lowest BCUT2D eigenvalue weighted by atomic mass is 9.68. The third-order valence-corrected chi connectivity index (χ3v) is 6.43. The Morgan fingerprint density at radius 2 is 1.60 bits per heavy atom. The predicted molar refractivity (Wildman–Crippen MR) is 86.8 cm³/mol. The minimum Gasteiger partial charge on any atom is -0.314 e. The summed E-state index contributed by atoms with van der Waals surface area (Å²) in [6, 6.07) is 0.897. The van der Waals surface area contributed by atoms with Gasteiger partial charge in [-0.1, -0.05) is 51.9 Å². The lowest BCUT2D eigenvalue weighted by Gasteiger charge is -2.39. The van der Waals surface area contributed by atoms with E-state index in [0.717, 1.165) is 29.7 Å². The molecule has 0 saturated heterocycles. The zero-order chi connectivity index (χ0) is 13.8. The second-order valence-corrected chi connectivity index (χ2v) is 8.03. The Morgan fingerprint density at radius 1 is 0.800 bits per heavy atom. The van der Waals surface area contributed by atoms with E-state index < -0.39 is 0 Å². The second kappa shape index (κ2) is 7.29. The van der Waals surface area contributed by atoms with Gasteiger partial charge in [0.15, 0.2) is 0 Å². The first-order valence-corrected chi connectivity index (χ1v) is 9.58. The number of rotatable bonds is 6. The molecule has 20 heavy (non-hydrogen) atoms. The first-order valence-electron chi connectivity index (χ1n) is 9.58. The van der Waals surface area contributed by atoms with Gasteiger partial charge in [0, 0.05) is 6.04 Å². The van der Waals surface area contributed by atoms with Crippen LogP contribution >= 0.6 is 0 Å². The van der Waals surface area contributed by atoms with E-state index >= 15 is 0 Å². The van der Waals surface area contributed by atoms with Gasteiger partial charge in [0.25, 0.3) is 0 Å². The van der Waals surface area contributed by atoms with Gasteiger partial charge in [-0.15, -0.1) is 0 Å². The van der Waals surface area contributed by atoms with Crippen molar-refractivity contribution in [3.05, 3.63) is 0 Å². The Labute approximate surface area is 126 Å². The lowest BCUT2D eigenvalue weighted by Crippen LogP contribution is -2.35. The molecule has 0 aliphatic heterocycles. The summed E-state index contributed by atoms with van der Waals surface area (Å²) in [6.07, 6.45) is 18.0. The SMILES string of the molecule is CCC1CCC(CNC2CC2)C(CC2CCCCC2)C1. The molecule has 3 rings (SSSR count). The summed E-state index contributed by atoms with van der Waals surface area (Å²) in [5.74, 6) is 4.16. The minimum atomic E-state index is 0.897. The number of hydrogen-bond donors (Lipinski definition) is 1. The van der Waals surface area contributed by atoms with E-state index in [-0.39, 0.29) is 0 Å². The predicted octanol–water partition coefficient (Wildman–Crippen LogP) is 5.15. The van der Waals surface area contributed by atoms with Crippen LogP contribution in [0.15, 0.2) is 0 Å². The molecule has 3 unspecified atom stereocenters. The highest BCUT2D eigenvalue weighted by atomic mass is 14.9. The van der Waals surface area contributed by atoms with E-state index in [9.17, 15) is 0 Å². The van der Waals surface area contributed by atoms with Gasteiger partial charge >= 0.3 is 0 Å². The molecule has 0 aromatic carbocycles. The quantitative estimate of drug-likeness (QED) is 0.708. The molecule has 0 bridgehead atoms. The van der Waals surface area contributed by atoms with Crippen molar-refractivity contribution >= 4 is 0 Å². The molecule has 3 aliphatic rings. The summed E-state index contributed by atoms with van der Waals surface area (Å²) in [5, 5.41) is 3.83. The van der Waals surface area contributed by atoms with Crippen molar-refractivity contribution in [2.75, 3.05) is 6.54 Å². The van der Waals surface area contributed by atoms with Crippen LogP contribution in [0.3, 0.4) is 0 Å². The van der Waals surface area contributed by atoms with E-state index in [0.29, 0.717) is 0 Å². The zero-order valence-electron chi connectivity index (χ0n) is 13.6. The van der Waals surface area contributed by atoms with Crippen molar-refractivity contribution in [3.8, 4) is 0 Å². The van der Waals surface area contributed by atoms with Crippen molar-refractivity contribution in [1.82, 2.24) is 5.32 Å². The van der Waals surface area contributed by atoms with Gasteiger partial charge in [-0.05, 0) is 62.3 Å². The Morgan fingerprint density at radius 3 is 2.30 bits per heavy atom. The Kier molecular flexibility index (Phi) is 5.42. The standard InChI is InChI=1S/C19H35N/c1-2-15-8-9-17(14-20-19-10-11-19)18(12-15)13-16-6-4-3-5-7-16/h15-20H,2-14H2,1H3. The third-order valence-electron chi connectivity index (χ3n) is 6.43. The normalized spacial score (nSPS) is 36.1. The fraction of sp³-hybridized carbons (Fsp3) is 1.00. The Hall–Kier alpha value is -0.0400. The molecule has 1 nitrogen and oxygen atoms in total. The van der Waals surface area contributed by atoms with Crippen LogP contribution in [-0.4, -0.2) is 12.6 Å². The molecule has 1 heteroatoms. The molecule has 116 valence electrons. The molecular weight excluding hydrogens is 242 g/mol. The van der Waals surface area contributed by atoms with Crippen LogP contribution in [0.4, 0.5) is 0 Å². The third kappa shape index (κ3) is 4.23. The van der Waals surface area contributed by atoms with Gasteiger partial charge in [-0.3, -0.25) is 0 Å². The largest absolute Gasteiger partial charge is 0.314 e. The summed E-state index contributed by atoms with van der Waals surface area (Å²) in [7, 11) is 0. The first-order chi connectivity index (χ1) is 9.85. The summed E-state index contributed by atoms with van der Waals surface area (Å²) in [6.45, 7) is 3.74. The molecule has 3 fully saturated rings. The van der Waals surface area contributed by atoms with Crippen molar-refractivity contribution in [2.24, 2.45) is 23.7 Å². The summed E-state index contributed by atoms with van der Waals surface area (Å²) in [5.41, 5.74) is 0. The Balaban J connectivity index is 1.51. The Bertz CT molecular complexity index is 277. The second-order valence-electron chi connectivity index (χ2n) is 8.03. The minimum absolute atomic E-state index is 0.897. The van der Waals surface area contributed by atoms with Gasteiger partial charge in [-0.2, -0.15) is 0 Å². The van der Waals surface area contributed by atoms with E-state index in [4.69, 9.17) is 0 Å². The molecule has 0 aromatic heterocycles. The summed E-state index contributed by atoms with van der Waals surface area (Å²) < 4.78 is 0. The maximum atomic E-state index is 3.83. The maximum Gasteiger partial charge on any atom is 0.00683 e. The fourth-order valence-corrected chi connectivity index (χ4v) is 4.81. The highest BCUT2D eigenvalue weighted by molar-refractivity contribution is 4.87. The van der Waals surface area contributed by atoms with Crippen LogP contribution in [0.5, 0.6) is 0 Å². The van der Waals surface area contributed by atoms with Crippen LogP contribution in [0.25, 0.3) is 0 Å². The van der Waals surface area contributed by atoms with Crippen LogP contribution in [0.1, 0.15) is 84.0 Å². The molecule has 0 heterocycles. The molecule has 0 spiro atoms. The van der Waals surface area contributed by atoms with Gasteiger partial charge in [-0.25, -0.2) is 0 Å². The highest BCUT2D eigenvalue weighted by Crippen LogP contribution is 2.41. The molecule has 3 atom stereocenters. The van der Waals surface area contributed by atoms with Crippen molar-refractivity contribution in [1.29, 1.82) is 0 Å². The van der Waals surface area contributed by atoms with Crippen LogP contribution < -0.4 is 5.32 Å². The summed E-state index contributed by atoms with van der Waals surface area (Å²) in [4.78, 5) is 0. The van der Waals surface area contributed by atoms with Gasteiger partial charge < -0.3 is 5.32 Å². The number of hydrogen-bond acceptors (Lipinski definition) is 1. The van der Waals surface area contributed by atoms with Crippen LogP contribution in [-0.2, 0) is 0 Å². The first kappa shape index (κ1) is 14.9. The van der Waals surface area contributed by atoms with Crippen molar-refractivity contribution < 1.29 is 0 Å². The average Bonchev–Trinajstić information content (AvgIpc) is 3.31. The molecule has 3 aliphatic carbocycles. The van der Waals surface area contributed by atoms with E-state index in [1.54, 1.807) is 12.8 Å². The van der Waals surface area contributed by atoms with E-state index in [1.807, 2.05) is 0 Å². The maximum absolute atomic E-state index is 3.83. The van der Waals surface area contributed by atoms with Gasteiger partial charge in [0.1, 0.15) is 0 Å². The molecule has 0 radical (unpaired) electrons. The van der Waals surface area contributed by atoms with Crippen LogP contribution in [0, 0.1) is 23.7 Å². The zero-order valence-corrected chi connectivity index (χ0v) is 13.6. The molecule has 0 aromatic rings. The molecular formula is C19H35N. The van der Waals surface area contributed by atoms with Crippen molar-refractivity contribution in [2.45, 2.75) is 90.0 Å². The molecule has 0 amide bonds. The number of nitrogens with one attached hydrogen (secondary N) is 1. The lowest BCUT2D eigenvalue weighted by molar-refractivity contribution is 0.133. The monoisotopic (exact) mass is 277 g/mol. The smallest absolute Gasteiger partial charge is 0.00683 e. The van der Waals surface area contributed by atoms with Gasteiger partial charge in [0.05, 0.1) is 0 Å². The van der Waals surface area contributed by atoms with Gasteiger partial charge in [0.2, 0.25) is 0 Å². The van der Waals surface area contributed by atoms with Crippen LogP contribution in [0.2, 0.25) is 0 Å². The van der Waals surface area contributed by atoms with Crippen molar-refractivity contribution in [3.63, 3.8) is 0 Å². The van der Waals surface area contributed by atoms with E-state index in [1.165, 1.54) is 70.8 Å². The highest BCUT2D eigenvalue weighted by Gasteiger charge is 2.32. The fourth-order valence-electron chi connectivity index (χ4n) is 4.81. The average molecular weight is 277 g/mol. The molecule has 1 N–H and O–H groups in total. The molecule has 3 saturated carbocycles. The topological polar surface area (TPSA) is 12.0 Å². The van der Waals surface area contributed by atoms with E-state index in [2.05, 4.69) is 12.2 Å². The summed E-state index contributed by atoms with van der Waals surface area (Å²) >= 11 is 0.